The van der Waals surface area contributed by atoms with Crippen molar-refractivity contribution in [3.8, 4) is 0 Å². The lowest BCUT2D eigenvalue weighted by Gasteiger charge is -2.17. The molecule has 0 N–H and O–H groups in total. The molecule has 0 saturated carbocycles. The molecule has 0 bridgehead atoms. The predicted molar refractivity (Wildman–Crippen MR) is 82.7 cm³/mol. The SMILES string of the molecule is C=CCN(CC=C)CSCCCCCCCC. The maximum absolute atomic E-state index is 3.78. The first-order valence-electron chi connectivity index (χ1n) is 6.87. The molecule has 0 spiro atoms. The lowest BCUT2D eigenvalue weighted by Crippen LogP contribution is -2.23. The molecule has 100 valence electrons. The highest BCUT2D eigenvalue weighted by molar-refractivity contribution is 7.99. The molecule has 0 rings (SSSR count). The van der Waals surface area contributed by atoms with E-state index < -0.39 is 0 Å². The monoisotopic (exact) mass is 255 g/mol. The largest absolute Gasteiger partial charge is 0.287 e. The lowest BCUT2D eigenvalue weighted by molar-refractivity contribution is 0.396. The quantitative estimate of drug-likeness (QED) is 0.266. The molecule has 0 radical (unpaired) electrons. The Labute approximate surface area is 112 Å². The molecule has 0 amide bonds. The summed E-state index contributed by atoms with van der Waals surface area (Å²) in [6.07, 6.45) is 12.3. The third kappa shape index (κ3) is 12.0. The van der Waals surface area contributed by atoms with Crippen LogP contribution in [0.3, 0.4) is 0 Å². The van der Waals surface area contributed by atoms with Crippen LogP contribution in [0.2, 0.25) is 0 Å². The van der Waals surface area contributed by atoms with Crippen molar-refractivity contribution in [2.45, 2.75) is 45.4 Å². The van der Waals surface area contributed by atoms with Gasteiger partial charge in [-0.3, -0.25) is 4.90 Å². The Morgan fingerprint density at radius 2 is 1.53 bits per heavy atom. The summed E-state index contributed by atoms with van der Waals surface area (Å²) in [6.45, 7) is 11.8. The summed E-state index contributed by atoms with van der Waals surface area (Å²) >= 11 is 2.04. The van der Waals surface area contributed by atoms with Crippen molar-refractivity contribution >= 4 is 11.8 Å². The first kappa shape index (κ1) is 16.8. The van der Waals surface area contributed by atoms with Crippen LogP contribution in [-0.2, 0) is 0 Å². The molecule has 0 aromatic heterocycles. The molecular formula is C15H29NS. The first-order valence-corrected chi connectivity index (χ1v) is 8.02. The zero-order valence-corrected chi connectivity index (χ0v) is 12.3. The Bertz CT molecular complexity index is 170. The fraction of sp³-hybridized carbons (Fsp3) is 0.733. The van der Waals surface area contributed by atoms with Crippen LogP contribution in [0.4, 0.5) is 0 Å². The summed E-state index contributed by atoms with van der Waals surface area (Å²) in [5.41, 5.74) is 0. The van der Waals surface area contributed by atoms with Gasteiger partial charge < -0.3 is 0 Å². The summed E-state index contributed by atoms with van der Waals surface area (Å²) in [7, 11) is 0. The predicted octanol–water partition coefficient (Wildman–Crippen LogP) is 4.71. The average molecular weight is 255 g/mol. The van der Waals surface area contributed by atoms with E-state index in [0.29, 0.717) is 0 Å². The van der Waals surface area contributed by atoms with Crippen molar-refractivity contribution in [2.75, 3.05) is 24.7 Å². The molecule has 0 saturated heterocycles. The molecule has 0 aliphatic carbocycles. The highest BCUT2D eigenvalue weighted by Crippen LogP contribution is 2.11. The van der Waals surface area contributed by atoms with Crippen molar-refractivity contribution in [2.24, 2.45) is 0 Å². The molecule has 1 nitrogen and oxygen atoms in total. The van der Waals surface area contributed by atoms with E-state index in [4.69, 9.17) is 0 Å². The molecule has 0 aliphatic rings. The summed E-state index contributed by atoms with van der Waals surface area (Å²) in [4.78, 5) is 2.36. The van der Waals surface area contributed by atoms with Gasteiger partial charge in [-0.05, 0) is 12.2 Å². The van der Waals surface area contributed by atoms with E-state index in [-0.39, 0.29) is 0 Å². The van der Waals surface area contributed by atoms with Gasteiger partial charge in [0.05, 0.1) is 0 Å². The van der Waals surface area contributed by atoms with Crippen LogP contribution in [0.25, 0.3) is 0 Å². The van der Waals surface area contributed by atoms with Crippen LogP contribution in [0.1, 0.15) is 45.4 Å². The summed E-state index contributed by atoms with van der Waals surface area (Å²) in [5, 5.41) is 0. The fourth-order valence-corrected chi connectivity index (χ4v) is 2.73. The minimum atomic E-state index is 0.968. The molecule has 0 heterocycles. The standard InChI is InChI=1S/C15H29NS/c1-4-7-8-9-10-11-14-17-15-16(12-5-2)13-6-3/h5-6H,2-4,7-15H2,1H3. The highest BCUT2D eigenvalue weighted by Gasteiger charge is 1.99. The topological polar surface area (TPSA) is 3.24 Å². The van der Waals surface area contributed by atoms with Gasteiger partial charge in [-0.1, -0.05) is 51.2 Å². The van der Waals surface area contributed by atoms with Crippen LogP contribution in [0.15, 0.2) is 25.3 Å². The molecule has 0 aromatic rings. The molecule has 0 fully saturated rings. The van der Waals surface area contributed by atoms with E-state index in [1.165, 1.54) is 44.3 Å². The number of hydrogen-bond acceptors (Lipinski definition) is 2. The van der Waals surface area contributed by atoms with E-state index in [0.717, 1.165) is 19.0 Å². The third-order valence-corrected chi connectivity index (χ3v) is 3.82. The lowest BCUT2D eigenvalue weighted by atomic mass is 10.1. The minimum Gasteiger partial charge on any atom is -0.287 e. The smallest absolute Gasteiger partial charge is 0.0450 e. The van der Waals surface area contributed by atoms with E-state index in [9.17, 15) is 0 Å². The number of hydrogen-bond donors (Lipinski definition) is 0. The van der Waals surface area contributed by atoms with Crippen molar-refractivity contribution in [1.29, 1.82) is 0 Å². The second-order valence-corrected chi connectivity index (χ2v) is 5.49. The summed E-state index contributed by atoms with van der Waals surface area (Å²) in [5.74, 6) is 2.39. The maximum atomic E-state index is 3.78. The Morgan fingerprint density at radius 1 is 0.941 bits per heavy atom. The van der Waals surface area contributed by atoms with Crippen LogP contribution < -0.4 is 0 Å². The number of thioether (sulfide) groups is 1. The van der Waals surface area contributed by atoms with Gasteiger partial charge in [-0.15, -0.1) is 24.9 Å². The first-order chi connectivity index (χ1) is 8.35. The normalized spacial score (nSPS) is 10.7. The molecule has 0 aromatic carbocycles. The van der Waals surface area contributed by atoms with Crippen molar-refractivity contribution in [3.05, 3.63) is 25.3 Å². The van der Waals surface area contributed by atoms with Gasteiger partial charge in [0.15, 0.2) is 0 Å². The van der Waals surface area contributed by atoms with E-state index in [1.54, 1.807) is 0 Å². The zero-order valence-electron chi connectivity index (χ0n) is 11.5. The van der Waals surface area contributed by atoms with Gasteiger partial charge in [0.1, 0.15) is 0 Å². The van der Waals surface area contributed by atoms with Crippen molar-refractivity contribution in [3.63, 3.8) is 0 Å². The van der Waals surface area contributed by atoms with E-state index in [2.05, 4.69) is 25.0 Å². The zero-order chi connectivity index (χ0) is 12.8. The Hall–Kier alpha value is -0.210. The fourth-order valence-electron chi connectivity index (χ4n) is 1.72. The third-order valence-electron chi connectivity index (χ3n) is 2.69. The Balaban J connectivity index is 3.29. The van der Waals surface area contributed by atoms with Gasteiger partial charge in [0.25, 0.3) is 0 Å². The second kappa shape index (κ2) is 13.9. The Morgan fingerprint density at radius 3 is 2.12 bits per heavy atom. The van der Waals surface area contributed by atoms with Gasteiger partial charge in [0.2, 0.25) is 0 Å². The number of rotatable bonds is 13. The van der Waals surface area contributed by atoms with Crippen molar-refractivity contribution in [1.82, 2.24) is 4.90 Å². The van der Waals surface area contributed by atoms with Gasteiger partial charge in [-0.2, -0.15) is 0 Å². The molecular weight excluding hydrogens is 226 g/mol. The van der Waals surface area contributed by atoms with E-state index >= 15 is 0 Å². The Kier molecular flexibility index (Phi) is 13.7. The maximum Gasteiger partial charge on any atom is 0.0450 e. The molecule has 0 atom stereocenters. The van der Waals surface area contributed by atoms with Gasteiger partial charge in [-0.25, -0.2) is 0 Å². The molecule has 0 aliphatic heterocycles. The van der Waals surface area contributed by atoms with Crippen LogP contribution >= 0.6 is 11.8 Å². The van der Waals surface area contributed by atoms with E-state index in [1.807, 2.05) is 23.9 Å². The van der Waals surface area contributed by atoms with Crippen LogP contribution in [-0.4, -0.2) is 29.6 Å². The highest BCUT2D eigenvalue weighted by atomic mass is 32.2. The van der Waals surface area contributed by atoms with Gasteiger partial charge in [0, 0.05) is 19.0 Å². The number of unbranched alkanes of at least 4 members (excludes halogenated alkanes) is 5. The number of nitrogens with zero attached hydrogens (tertiary/aromatic N) is 1. The molecule has 17 heavy (non-hydrogen) atoms. The second-order valence-electron chi connectivity index (χ2n) is 4.42. The summed E-state index contributed by atoms with van der Waals surface area (Å²) < 4.78 is 0. The summed E-state index contributed by atoms with van der Waals surface area (Å²) in [6, 6.07) is 0. The minimum absolute atomic E-state index is 0.968. The average Bonchev–Trinajstić information content (AvgIpc) is 2.33. The van der Waals surface area contributed by atoms with Crippen LogP contribution in [0.5, 0.6) is 0 Å². The van der Waals surface area contributed by atoms with Crippen LogP contribution in [0, 0.1) is 0 Å². The molecule has 0 unspecified atom stereocenters. The molecule has 2 heteroatoms. The van der Waals surface area contributed by atoms with Gasteiger partial charge >= 0.3 is 0 Å². The van der Waals surface area contributed by atoms with Crippen molar-refractivity contribution < 1.29 is 0 Å².